The monoisotopic (exact) mass is 422 g/mol. The Kier molecular flexibility index (Phi) is 4.90. The van der Waals surface area contributed by atoms with Gasteiger partial charge in [-0.2, -0.15) is 8.75 Å². The van der Waals surface area contributed by atoms with E-state index in [9.17, 15) is 0 Å². The summed E-state index contributed by atoms with van der Waals surface area (Å²) in [6.07, 6.45) is 1.90. The third kappa shape index (κ3) is 3.77. The molecule has 0 saturated heterocycles. The molecule has 0 bridgehead atoms. The Balaban J connectivity index is 1.49. The van der Waals surface area contributed by atoms with Crippen molar-refractivity contribution in [2.24, 2.45) is 0 Å². The van der Waals surface area contributed by atoms with Gasteiger partial charge in [0, 0.05) is 30.9 Å². The predicted molar refractivity (Wildman–Crippen MR) is 125 cm³/mol. The number of nitrogens with zero attached hydrogens (tertiary/aromatic N) is 6. The van der Waals surface area contributed by atoms with Gasteiger partial charge in [-0.25, -0.2) is 4.68 Å². The van der Waals surface area contributed by atoms with Crippen LogP contribution >= 0.6 is 11.7 Å². The standard InChI is InChI=1S/C24H18N6S/c1-29(2)19-13-9-17(10-14-19)8-11-18-12-15-21(24-23(18)26-31-27-24)22-16-30(28-25-22)20-6-4-3-5-7-20/h3-7,9-10,12-16H,1-2H3. The number of aromatic nitrogens is 5. The molecule has 31 heavy (non-hydrogen) atoms. The zero-order valence-corrected chi connectivity index (χ0v) is 17.8. The second kappa shape index (κ2) is 8.01. The lowest BCUT2D eigenvalue weighted by molar-refractivity contribution is 0.804. The maximum absolute atomic E-state index is 4.50. The van der Waals surface area contributed by atoms with Gasteiger partial charge in [0.2, 0.25) is 0 Å². The summed E-state index contributed by atoms with van der Waals surface area (Å²) in [5, 5.41) is 8.61. The zero-order chi connectivity index (χ0) is 21.2. The summed E-state index contributed by atoms with van der Waals surface area (Å²) in [6.45, 7) is 0. The van der Waals surface area contributed by atoms with Gasteiger partial charge in [-0.15, -0.1) is 5.10 Å². The van der Waals surface area contributed by atoms with E-state index < -0.39 is 0 Å². The minimum atomic E-state index is 0.750. The Labute approximate surface area is 184 Å². The van der Waals surface area contributed by atoms with Crippen molar-refractivity contribution in [2.45, 2.75) is 0 Å². The maximum atomic E-state index is 4.50. The average Bonchev–Trinajstić information content (AvgIpc) is 3.49. The van der Waals surface area contributed by atoms with Gasteiger partial charge in [-0.3, -0.25) is 0 Å². The molecule has 5 aromatic rings. The van der Waals surface area contributed by atoms with Crippen molar-refractivity contribution in [3.05, 3.63) is 84.1 Å². The largest absolute Gasteiger partial charge is 0.378 e. The number of hydrogen-bond acceptors (Lipinski definition) is 6. The highest BCUT2D eigenvalue weighted by atomic mass is 32.1. The van der Waals surface area contributed by atoms with Crippen LogP contribution in [-0.4, -0.2) is 37.8 Å². The first-order chi connectivity index (χ1) is 15.2. The smallest absolute Gasteiger partial charge is 0.121 e. The van der Waals surface area contributed by atoms with E-state index >= 15 is 0 Å². The molecule has 0 aliphatic carbocycles. The second-order valence-electron chi connectivity index (χ2n) is 7.20. The summed E-state index contributed by atoms with van der Waals surface area (Å²) >= 11 is 1.18. The van der Waals surface area contributed by atoms with Gasteiger partial charge in [-0.05, 0) is 48.5 Å². The van der Waals surface area contributed by atoms with Crippen molar-refractivity contribution in [3.63, 3.8) is 0 Å². The van der Waals surface area contributed by atoms with Crippen molar-refractivity contribution < 1.29 is 0 Å². The summed E-state index contributed by atoms with van der Waals surface area (Å²) < 4.78 is 10.7. The Morgan fingerprint density at radius 2 is 1.61 bits per heavy atom. The van der Waals surface area contributed by atoms with Crippen LogP contribution in [0.3, 0.4) is 0 Å². The molecular weight excluding hydrogens is 404 g/mol. The van der Waals surface area contributed by atoms with Crippen molar-refractivity contribution >= 4 is 28.4 Å². The van der Waals surface area contributed by atoms with Crippen LogP contribution < -0.4 is 4.90 Å². The van der Waals surface area contributed by atoms with E-state index in [1.54, 1.807) is 4.68 Å². The van der Waals surface area contributed by atoms with Crippen molar-refractivity contribution in [1.82, 2.24) is 23.7 Å². The molecule has 6 nitrogen and oxygen atoms in total. The van der Waals surface area contributed by atoms with Crippen LogP contribution in [0.2, 0.25) is 0 Å². The Morgan fingerprint density at radius 3 is 2.39 bits per heavy atom. The molecule has 0 fully saturated rings. The Morgan fingerprint density at radius 1 is 0.839 bits per heavy atom. The molecule has 7 heteroatoms. The van der Waals surface area contributed by atoms with Crippen LogP contribution in [-0.2, 0) is 0 Å². The van der Waals surface area contributed by atoms with E-state index in [0.29, 0.717) is 0 Å². The van der Waals surface area contributed by atoms with Crippen LogP contribution in [0.5, 0.6) is 0 Å². The number of anilines is 1. The highest BCUT2D eigenvalue weighted by Crippen LogP contribution is 2.28. The molecule has 3 aromatic carbocycles. The van der Waals surface area contributed by atoms with Gasteiger partial charge >= 0.3 is 0 Å². The first-order valence-corrected chi connectivity index (χ1v) is 10.4. The number of rotatable bonds is 3. The second-order valence-corrected chi connectivity index (χ2v) is 7.73. The van der Waals surface area contributed by atoms with Crippen LogP contribution in [0.25, 0.3) is 28.0 Å². The SMILES string of the molecule is CN(C)c1ccc(C#Cc2ccc(-c3cn(-c4ccccc4)nn3)c3nsnc23)cc1. The van der Waals surface area contributed by atoms with Crippen molar-refractivity contribution in [2.75, 3.05) is 19.0 Å². The maximum Gasteiger partial charge on any atom is 0.121 e. The summed E-state index contributed by atoms with van der Waals surface area (Å²) in [7, 11) is 4.04. The molecule has 0 saturated carbocycles. The first-order valence-electron chi connectivity index (χ1n) is 9.72. The molecule has 5 rings (SSSR count). The van der Waals surface area contributed by atoms with Gasteiger partial charge in [0.05, 0.1) is 29.2 Å². The van der Waals surface area contributed by atoms with Gasteiger partial charge in [-0.1, -0.05) is 35.3 Å². The van der Waals surface area contributed by atoms with Gasteiger partial charge in [0.15, 0.2) is 0 Å². The van der Waals surface area contributed by atoms with E-state index in [1.165, 1.54) is 11.7 Å². The summed E-state index contributed by atoms with van der Waals surface area (Å²) in [5.74, 6) is 6.48. The molecule has 0 unspecified atom stereocenters. The topological polar surface area (TPSA) is 59.7 Å². The Hall–Kier alpha value is -4.02. The zero-order valence-electron chi connectivity index (χ0n) is 17.0. The number of para-hydroxylation sites is 1. The third-order valence-electron chi connectivity index (χ3n) is 4.93. The normalized spacial score (nSPS) is 10.6. The molecule has 2 heterocycles. The fraction of sp³-hybridized carbons (Fsp3) is 0.0833. The highest BCUT2D eigenvalue weighted by Gasteiger charge is 2.14. The third-order valence-corrected chi connectivity index (χ3v) is 5.46. The Bertz CT molecular complexity index is 1410. The lowest BCUT2D eigenvalue weighted by Gasteiger charge is -2.11. The lowest BCUT2D eigenvalue weighted by Crippen LogP contribution is -2.07. The lowest BCUT2D eigenvalue weighted by atomic mass is 10.1. The highest BCUT2D eigenvalue weighted by molar-refractivity contribution is 7.00. The van der Waals surface area contributed by atoms with Gasteiger partial charge < -0.3 is 4.90 Å². The molecule has 0 aliphatic heterocycles. The van der Waals surface area contributed by atoms with E-state index in [2.05, 4.69) is 47.9 Å². The minimum Gasteiger partial charge on any atom is -0.378 e. The predicted octanol–water partition coefficient (Wildman–Crippen LogP) is 4.40. The van der Waals surface area contributed by atoms with Gasteiger partial charge in [0.25, 0.3) is 0 Å². The molecule has 0 atom stereocenters. The van der Waals surface area contributed by atoms with Crippen LogP contribution in [0.15, 0.2) is 72.9 Å². The molecule has 2 aromatic heterocycles. The quantitative estimate of drug-likeness (QED) is 0.403. The molecule has 0 N–H and O–H groups in total. The van der Waals surface area contributed by atoms with E-state index in [4.69, 9.17) is 0 Å². The summed E-state index contributed by atoms with van der Waals surface area (Å²) in [6, 6.07) is 22.0. The average molecular weight is 423 g/mol. The first kappa shape index (κ1) is 19.0. The van der Waals surface area contributed by atoms with E-state index in [-0.39, 0.29) is 0 Å². The fourth-order valence-corrected chi connectivity index (χ4v) is 3.82. The van der Waals surface area contributed by atoms with Gasteiger partial charge in [0.1, 0.15) is 16.7 Å². The molecular formula is C24H18N6S. The summed E-state index contributed by atoms with van der Waals surface area (Å²) in [5.41, 5.74) is 7.12. The van der Waals surface area contributed by atoms with E-state index in [1.807, 2.05) is 74.9 Å². The van der Waals surface area contributed by atoms with E-state index in [0.717, 1.165) is 44.8 Å². The van der Waals surface area contributed by atoms with Crippen molar-refractivity contribution in [1.29, 1.82) is 0 Å². The molecule has 0 radical (unpaired) electrons. The fourth-order valence-electron chi connectivity index (χ4n) is 3.25. The van der Waals surface area contributed by atoms with Crippen molar-refractivity contribution in [3.8, 4) is 28.8 Å². The molecule has 0 aliphatic rings. The number of fused-ring (bicyclic) bond motifs is 1. The van der Waals surface area contributed by atoms with Crippen LogP contribution in [0, 0.1) is 11.8 Å². The minimum absolute atomic E-state index is 0.750. The molecule has 0 spiro atoms. The number of benzene rings is 3. The molecule has 0 amide bonds. The molecule has 150 valence electrons. The summed E-state index contributed by atoms with van der Waals surface area (Å²) in [4.78, 5) is 2.06. The number of hydrogen-bond donors (Lipinski definition) is 0. The van der Waals surface area contributed by atoms with Crippen LogP contribution in [0.4, 0.5) is 5.69 Å². The van der Waals surface area contributed by atoms with Crippen LogP contribution in [0.1, 0.15) is 11.1 Å².